The number of nitrogens with zero attached hydrogens (tertiary/aromatic N) is 3. The third-order valence-corrected chi connectivity index (χ3v) is 6.88. The number of likely N-dealkylation sites (tertiary alicyclic amines) is 1. The first kappa shape index (κ1) is 19.8. The van der Waals surface area contributed by atoms with Crippen LogP contribution < -0.4 is 4.74 Å². The van der Waals surface area contributed by atoms with Crippen molar-refractivity contribution in [2.75, 3.05) is 13.1 Å². The Balaban J connectivity index is 1.22. The molecule has 0 saturated carbocycles. The Bertz CT molecular complexity index is 1180. The predicted octanol–water partition coefficient (Wildman–Crippen LogP) is 4.99. The number of carbonyl (C=O) groups is 1. The van der Waals surface area contributed by atoms with Gasteiger partial charge in [0, 0.05) is 31.5 Å². The maximum absolute atomic E-state index is 12.9. The zero-order valence-corrected chi connectivity index (χ0v) is 18.4. The van der Waals surface area contributed by atoms with Crippen LogP contribution in [0, 0.1) is 13.8 Å². The van der Waals surface area contributed by atoms with E-state index in [-0.39, 0.29) is 12.0 Å². The van der Waals surface area contributed by atoms with Crippen molar-refractivity contribution in [2.45, 2.75) is 32.8 Å². The van der Waals surface area contributed by atoms with Gasteiger partial charge in [-0.3, -0.25) is 9.89 Å². The highest BCUT2D eigenvalue weighted by molar-refractivity contribution is 7.20. The van der Waals surface area contributed by atoms with Gasteiger partial charge in [0.2, 0.25) is 0 Å². The molecule has 0 unspecified atom stereocenters. The van der Waals surface area contributed by atoms with Crippen LogP contribution in [0.4, 0.5) is 0 Å². The number of thiazole rings is 1. The number of ether oxygens (including phenoxy) is 1. The predicted molar refractivity (Wildman–Crippen MR) is 123 cm³/mol. The summed E-state index contributed by atoms with van der Waals surface area (Å²) >= 11 is 1.61. The average molecular weight is 433 g/mol. The lowest BCUT2D eigenvalue weighted by atomic mass is 10.1. The largest absolute Gasteiger partial charge is 0.467 e. The number of hydrogen-bond donors (Lipinski definition) is 1. The van der Waals surface area contributed by atoms with Crippen molar-refractivity contribution in [3.8, 4) is 16.5 Å². The van der Waals surface area contributed by atoms with Gasteiger partial charge in [0.05, 0.1) is 15.9 Å². The van der Waals surface area contributed by atoms with Crippen LogP contribution in [-0.2, 0) is 0 Å². The number of carbonyl (C=O) groups excluding carboxylic acids is 1. The maximum Gasteiger partial charge on any atom is 0.274 e. The van der Waals surface area contributed by atoms with Gasteiger partial charge in [0.25, 0.3) is 11.1 Å². The van der Waals surface area contributed by atoms with E-state index < -0.39 is 0 Å². The fourth-order valence-electron chi connectivity index (χ4n) is 3.97. The molecule has 1 N–H and O–H groups in total. The monoisotopic (exact) mass is 432 g/mol. The van der Waals surface area contributed by atoms with Crippen LogP contribution in [0.2, 0.25) is 0 Å². The first-order valence-corrected chi connectivity index (χ1v) is 11.3. The summed E-state index contributed by atoms with van der Waals surface area (Å²) in [5.74, 6) is -0.0145. The van der Waals surface area contributed by atoms with Crippen molar-refractivity contribution in [2.24, 2.45) is 0 Å². The molecule has 1 aliphatic heterocycles. The number of benzene rings is 2. The molecule has 2 aromatic carbocycles. The Morgan fingerprint density at radius 1 is 1.10 bits per heavy atom. The SMILES string of the molecule is Cc1ccc(C)c2sc(OC3CCN(C(=O)c4cc(-c5ccccc5)n[nH]4)CC3)nc12. The quantitative estimate of drug-likeness (QED) is 0.493. The second-order valence-corrected chi connectivity index (χ2v) is 8.96. The third kappa shape index (κ3) is 3.93. The number of H-pyrrole nitrogens is 1. The number of hydrogen-bond acceptors (Lipinski definition) is 5. The van der Waals surface area contributed by atoms with E-state index in [1.165, 1.54) is 15.8 Å². The normalized spacial score (nSPS) is 14.8. The van der Waals surface area contributed by atoms with E-state index in [0.717, 1.165) is 34.8 Å². The van der Waals surface area contributed by atoms with Crippen molar-refractivity contribution in [3.05, 3.63) is 65.4 Å². The van der Waals surface area contributed by atoms with E-state index >= 15 is 0 Å². The lowest BCUT2D eigenvalue weighted by Crippen LogP contribution is -2.41. The first-order valence-electron chi connectivity index (χ1n) is 10.5. The van der Waals surface area contributed by atoms with Crippen LogP contribution in [0.1, 0.15) is 34.5 Å². The molecule has 3 heterocycles. The van der Waals surface area contributed by atoms with Gasteiger partial charge in [-0.1, -0.05) is 53.8 Å². The Morgan fingerprint density at radius 2 is 1.84 bits per heavy atom. The average Bonchev–Trinajstić information content (AvgIpc) is 3.45. The van der Waals surface area contributed by atoms with E-state index in [0.29, 0.717) is 18.8 Å². The van der Waals surface area contributed by atoms with E-state index in [1.54, 1.807) is 11.3 Å². The molecular weight excluding hydrogens is 408 g/mol. The molecule has 1 amide bonds. The summed E-state index contributed by atoms with van der Waals surface area (Å²) in [5, 5.41) is 7.92. The fraction of sp³-hybridized carbons (Fsp3) is 0.292. The summed E-state index contributed by atoms with van der Waals surface area (Å²) < 4.78 is 7.39. The molecule has 31 heavy (non-hydrogen) atoms. The van der Waals surface area contributed by atoms with Gasteiger partial charge in [-0.05, 0) is 31.0 Å². The first-order chi connectivity index (χ1) is 15.1. The smallest absolute Gasteiger partial charge is 0.274 e. The van der Waals surface area contributed by atoms with Crippen molar-refractivity contribution in [1.29, 1.82) is 0 Å². The zero-order valence-electron chi connectivity index (χ0n) is 17.6. The number of nitrogens with one attached hydrogen (secondary N) is 1. The number of aromatic nitrogens is 3. The summed E-state index contributed by atoms with van der Waals surface area (Å²) in [5.41, 5.74) is 5.72. The minimum absolute atomic E-state index is 0.0145. The second-order valence-electron chi connectivity index (χ2n) is 8.00. The molecule has 1 aliphatic rings. The summed E-state index contributed by atoms with van der Waals surface area (Å²) in [7, 11) is 0. The minimum atomic E-state index is -0.0145. The van der Waals surface area contributed by atoms with Gasteiger partial charge >= 0.3 is 0 Å². The lowest BCUT2D eigenvalue weighted by molar-refractivity contribution is 0.0590. The van der Waals surface area contributed by atoms with Crippen LogP contribution >= 0.6 is 11.3 Å². The van der Waals surface area contributed by atoms with Crippen LogP contribution in [-0.4, -0.2) is 45.2 Å². The highest BCUT2D eigenvalue weighted by Crippen LogP contribution is 2.33. The van der Waals surface area contributed by atoms with Gasteiger partial charge in [-0.15, -0.1) is 0 Å². The second kappa shape index (κ2) is 8.15. The van der Waals surface area contributed by atoms with Crippen LogP contribution in [0.5, 0.6) is 5.19 Å². The Kier molecular flexibility index (Phi) is 5.19. The summed E-state index contributed by atoms with van der Waals surface area (Å²) in [4.78, 5) is 19.5. The number of aromatic amines is 1. The van der Waals surface area contributed by atoms with Gasteiger partial charge in [-0.2, -0.15) is 5.10 Å². The highest BCUT2D eigenvalue weighted by Gasteiger charge is 2.26. The maximum atomic E-state index is 12.9. The molecule has 0 aliphatic carbocycles. The highest BCUT2D eigenvalue weighted by atomic mass is 32.1. The van der Waals surface area contributed by atoms with E-state index in [4.69, 9.17) is 9.72 Å². The summed E-state index contributed by atoms with van der Waals surface area (Å²) in [6.45, 7) is 5.50. The minimum Gasteiger partial charge on any atom is -0.467 e. The van der Waals surface area contributed by atoms with Crippen molar-refractivity contribution in [3.63, 3.8) is 0 Å². The van der Waals surface area contributed by atoms with Crippen LogP contribution in [0.15, 0.2) is 48.5 Å². The lowest BCUT2D eigenvalue weighted by Gasteiger charge is -2.31. The number of amides is 1. The van der Waals surface area contributed by atoms with Crippen LogP contribution in [0.3, 0.4) is 0 Å². The van der Waals surface area contributed by atoms with E-state index in [9.17, 15) is 4.79 Å². The molecule has 0 radical (unpaired) electrons. The molecule has 6 nitrogen and oxygen atoms in total. The standard InChI is InChI=1S/C24H24N4O2S/c1-15-8-9-16(2)22-21(15)25-24(31-22)30-18-10-12-28(13-11-18)23(29)20-14-19(26-27-20)17-6-4-3-5-7-17/h3-9,14,18H,10-13H2,1-2H3,(H,26,27). The van der Waals surface area contributed by atoms with Gasteiger partial charge in [-0.25, -0.2) is 4.98 Å². The fourth-order valence-corrected chi connectivity index (χ4v) is 5.00. The third-order valence-electron chi connectivity index (χ3n) is 5.80. The Hall–Kier alpha value is -3.19. The van der Waals surface area contributed by atoms with Gasteiger partial charge < -0.3 is 9.64 Å². The van der Waals surface area contributed by atoms with Crippen molar-refractivity contribution >= 4 is 27.5 Å². The van der Waals surface area contributed by atoms with Crippen molar-refractivity contribution in [1.82, 2.24) is 20.1 Å². The number of piperidine rings is 1. The van der Waals surface area contributed by atoms with Crippen molar-refractivity contribution < 1.29 is 9.53 Å². The molecule has 1 saturated heterocycles. The molecule has 0 spiro atoms. The molecule has 4 aromatic rings. The van der Waals surface area contributed by atoms with Gasteiger partial charge in [0.15, 0.2) is 0 Å². The van der Waals surface area contributed by atoms with Gasteiger partial charge in [0.1, 0.15) is 11.8 Å². The Morgan fingerprint density at radius 3 is 2.58 bits per heavy atom. The van der Waals surface area contributed by atoms with Crippen LogP contribution in [0.25, 0.3) is 21.5 Å². The number of aryl methyl sites for hydroxylation is 2. The molecule has 5 rings (SSSR count). The van der Waals surface area contributed by atoms with E-state index in [1.807, 2.05) is 41.3 Å². The molecule has 0 bridgehead atoms. The summed E-state index contributed by atoms with van der Waals surface area (Å²) in [6.07, 6.45) is 1.66. The summed E-state index contributed by atoms with van der Waals surface area (Å²) in [6, 6.07) is 15.9. The number of fused-ring (bicyclic) bond motifs is 1. The number of rotatable bonds is 4. The van der Waals surface area contributed by atoms with E-state index in [2.05, 4.69) is 36.2 Å². The zero-order chi connectivity index (χ0) is 21.4. The molecule has 2 aromatic heterocycles. The molecule has 158 valence electrons. The molecular formula is C24H24N4O2S. The topological polar surface area (TPSA) is 71.1 Å². The molecule has 7 heteroatoms. The Labute approximate surface area is 184 Å². The molecule has 0 atom stereocenters. The molecule has 1 fully saturated rings.